The lowest BCUT2D eigenvalue weighted by atomic mass is 10.1. The van der Waals surface area contributed by atoms with Crippen LogP contribution in [0.5, 0.6) is 5.75 Å². The van der Waals surface area contributed by atoms with E-state index >= 15 is 0 Å². The number of azide groups is 1. The van der Waals surface area contributed by atoms with Gasteiger partial charge in [0.05, 0.1) is 23.9 Å². The van der Waals surface area contributed by atoms with E-state index in [0.717, 1.165) is 7.11 Å². The van der Waals surface area contributed by atoms with Gasteiger partial charge < -0.3 is 4.74 Å². The first-order valence-electron chi connectivity index (χ1n) is 4.52. The lowest BCUT2D eigenvalue weighted by Crippen LogP contribution is -2.11. The molecule has 0 saturated carbocycles. The molecule has 1 aromatic carbocycles. The van der Waals surface area contributed by atoms with Gasteiger partial charge in [0.15, 0.2) is 0 Å². The van der Waals surface area contributed by atoms with Crippen LogP contribution in [0.4, 0.5) is 32.0 Å². The zero-order valence-electron chi connectivity index (χ0n) is 9.17. The number of benzene rings is 1. The number of hydrogen-bond acceptors (Lipinski definition) is 2. The second-order valence-corrected chi connectivity index (χ2v) is 3.26. The minimum absolute atomic E-state index is 0.132. The molecular formula is C9H5F6N3O. The maximum absolute atomic E-state index is 12.7. The highest BCUT2D eigenvalue weighted by Crippen LogP contribution is 2.45. The molecule has 0 heterocycles. The Morgan fingerprint density at radius 1 is 1.11 bits per heavy atom. The van der Waals surface area contributed by atoms with Crippen molar-refractivity contribution in [3.63, 3.8) is 0 Å². The molecule has 0 bridgehead atoms. The van der Waals surface area contributed by atoms with Crippen LogP contribution >= 0.6 is 0 Å². The summed E-state index contributed by atoms with van der Waals surface area (Å²) in [7, 11) is 0.867. The topological polar surface area (TPSA) is 58.0 Å². The van der Waals surface area contributed by atoms with Gasteiger partial charge in [-0.25, -0.2) is 0 Å². The Morgan fingerprint density at radius 3 is 2.05 bits per heavy atom. The first-order chi connectivity index (χ1) is 8.61. The van der Waals surface area contributed by atoms with E-state index in [0.29, 0.717) is 6.07 Å². The molecule has 0 saturated heterocycles. The van der Waals surface area contributed by atoms with Crippen molar-refractivity contribution in [2.75, 3.05) is 7.11 Å². The molecule has 0 amide bonds. The van der Waals surface area contributed by atoms with Gasteiger partial charge in [0.25, 0.3) is 0 Å². The van der Waals surface area contributed by atoms with E-state index in [2.05, 4.69) is 14.8 Å². The van der Waals surface area contributed by atoms with Crippen LogP contribution in [-0.2, 0) is 12.4 Å². The summed E-state index contributed by atoms with van der Waals surface area (Å²) in [5.74, 6) is -0.806. The average molecular weight is 285 g/mol. The van der Waals surface area contributed by atoms with Gasteiger partial charge in [-0.3, -0.25) is 0 Å². The maximum atomic E-state index is 12.7. The molecule has 0 aliphatic carbocycles. The number of alkyl halides is 6. The van der Waals surface area contributed by atoms with Crippen molar-refractivity contribution in [2.45, 2.75) is 12.4 Å². The molecule has 1 rings (SSSR count). The fourth-order valence-corrected chi connectivity index (χ4v) is 1.29. The summed E-state index contributed by atoms with van der Waals surface area (Å²) in [5.41, 5.74) is 3.88. The summed E-state index contributed by atoms with van der Waals surface area (Å²) in [5, 5.41) is 2.74. The molecule has 0 fully saturated rings. The molecule has 0 aliphatic heterocycles. The van der Waals surface area contributed by atoms with Gasteiger partial charge in [0.1, 0.15) is 5.75 Å². The Labute approximate surface area is 102 Å². The standard InChI is InChI=1S/C9H5F6N3O/c1-19-6-3-4(8(10,11)12)2-5(9(13,14)15)7(6)17-18-16/h2-3H,1H3. The summed E-state index contributed by atoms with van der Waals surface area (Å²) in [4.78, 5) is 2.14. The van der Waals surface area contributed by atoms with Crippen LogP contribution in [0.2, 0.25) is 0 Å². The van der Waals surface area contributed by atoms with E-state index in [4.69, 9.17) is 5.53 Å². The molecule has 0 aromatic heterocycles. The molecule has 0 radical (unpaired) electrons. The molecule has 0 aliphatic rings. The Morgan fingerprint density at radius 2 is 1.68 bits per heavy atom. The zero-order chi connectivity index (χ0) is 14.8. The Hall–Kier alpha value is -2.09. The highest BCUT2D eigenvalue weighted by Gasteiger charge is 2.39. The van der Waals surface area contributed by atoms with Crippen LogP contribution in [-0.4, -0.2) is 7.11 Å². The molecule has 1 aromatic rings. The van der Waals surface area contributed by atoms with Gasteiger partial charge in [-0.15, -0.1) is 0 Å². The molecule has 19 heavy (non-hydrogen) atoms. The third kappa shape index (κ3) is 3.22. The summed E-state index contributed by atoms with van der Waals surface area (Å²) in [6.45, 7) is 0. The molecule has 0 N–H and O–H groups in total. The first-order valence-corrected chi connectivity index (χ1v) is 4.52. The number of ether oxygens (including phenoxy) is 1. The van der Waals surface area contributed by atoms with Crippen LogP contribution in [0.25, 0.3) is 10.4 Å². The zero-order valence-corrected chi connectivity index (χ0v) is 9.17. The van der Waals surface area contributed by atoms with Crippen LogP contribution in [0, 0.1) is 0 Å². The average Bonchev–Trinajstić information content (AvgIpc) is 2.26. The van der Waals surface area contributed by atoms with Crippen LogP contribution in [0.15, 0.2) is 17.2 Å². The molecule has 4 nitrogen and oxygen atoms in total. The van der Waals surface area contributed by atoms with E-state index in [-0.39, 0.29) is 6.07 Å². The van der Waals surface area contributed by atoms with Crippen molar-refractivity contribution in [1.82, 2.24) is 0 Å². The summed E-state index contributed by atoms with van der Waals surface area (Å²) in [6.07, 6.45) is -10.1. The highest BCUT2D eigenvalue weighted by atomic mass is 19.4. The fraction of sp³-hybridized carbons (Fsp3) is 0.333. The molecule has 104 valence electrons. The largest absolute Gasteiger partial charge is 0.496 e. The van der Waals surface area contributed by atoms with E-state index in [1.165, 1.54) is 0 Å². The van der Waals surface area contributed by atoms with Crippen molar-refractivity contribution in [2.24, 2.45) is 5.11 Å². The Balaban J connectivity index is 3.69. The smallest absolute Gasteiger partial charge is 0.417 e. The molecule has 0 atom stereocenters. The van der Waals surface area contributed by atoms with Crippen LogP contribution < -0.4 is 4.74 Å². The summed E-state index contributed by atoms with van der Waals surface area (Å²) >= 11 is 0. The number of hydrogen-bond donors (Lipinski definition) is 0. The number of halogens is 6. The number of nitrogens with zero attached hydrogens (tertiary/aromatic N) is 3. The van der Waals surface area contributed by atoms with Gasteiger partial charge in [0, 0.05) is 4.91 Å². The van der Waals surface area contributed by atoms with Crippen LogP contribution in [0.1, 0.15) is 11.1 Å². The fourth-order valence-electron chi connectivity index (χ4n) is 1.29. The highest BCUT2D eigenvalue weighted by molar-refractivity contribution is 5.61. The minimum Gasteiger partial charge on any atom is -0.496 e. The maximum Gasteiger partial charge on any atom is 0.417 e. The van der Waals surface area contributed by atoms with Gasteiger partial charge in [-0.05, 0) is 17.7 Å². The summed E-state index contributed by atoms with van der Waals surface area (Å²) < 4.78 is 79.7. The second kappa shape index (κ2) is 4.88. The van der Waals surface area contributed by atoms with E-state index in [9.17, 15) is 26.3 Å². The van der Waals surface area contributed by atoms with E-state index < -0.39 is 34.9 Å². The van der Waals surface area contributed by atoms with E-state index in [1.54, 1.807) is 0 Å². The molecule has 10 heteroatoms. The quantitative estimate of drug-likeness (QED) is 0.337. The SMILES string of the molecule is COc1cc(C(F)(F)F)cc(C(F)(F)F)c1N=[N+]=[N-]. The molecule has 0 unspecified atom stereocenters. The predicted molar refractivity (Wildman–Crippen MR) is 51.8 cm³/mol. The van der Waals surface area contributed by atoms with Crippen molar-refractivity contribution < 1.29 is 31.1 Å². The normalized spacial score (nSPS) is 11.9. The Bertz CT molecular complexity index is 530. The Kier molecular flexibility index (Phi) is 3.85. The van der Waals surface area contributed by atoms with Crippen LogP contribution in [0.3, 0.4) is 0 Å². The third-order valence-electron chi connectivity index (χ3n) is 2.07. The first kappa shape index (κ1) is 15.0. The van der Waals surface area contributed by atoms with Gasteiger partial charge in [-0.1, -0.05) is 5.11 Å². The molecular weight excluding hydrogens is 280 g/mol. The lowest BCUT2D eigenvalue weighted by molar-refractivity contribution is -0.142. The van der Waals surface area contributed by atoms with Crippen molar-refractivity contribution >= 4 is 5.69 Å². The monoisotopic (exact) mass is 285 g/mol. The third-order valence-corrected chi connectivity index (χ3v) is 2.07. The van der Waals surface area contributed by atoms with Crippen molar-refractivity contribution in [3.05, 3.63) is 33.7 Å². The second-order valence-electron chi connectivity index (χ2n) is 3.26. The minimum atomic E-state index is -5.11. The lowest BCUT2D eigenvalue weighted by Gasteiger charge is -2.16. The predicted octanol–water partition coefficient (Wildman–Crippen LogP) is 4.67. The van der Waals surface area contributed by atoms with Gasteiger partial charge in [0.2, 0.25) is 0 Å². The van der Waals surface area contributed by atoms with Crippen molar-refractivity contribution in [3.8, 4) is 5.75 Å². The number of methoxy groups -OCH3 is 1. The summed E-state index contributed by atoms with van der Waals surface area (Å²) in [6, 6.07) is 0.200. The number of rotatable bonds is 2. The van der Waals surface area contributed by atoms with E-state index in [1.807, 2.05) is 0 Å². The van der Waals surface area contributed by atoms with Gasteiger partial charge in [-0.2, -0.15) is 26.3 Å². The van der Waals surface area contributed by atoms with Gasteiger partial charge >= 0.3 is 12.4 Å². The molecule has 0 spiro atoms. The van der Waals surface area contributed by atoms with Crippen molar-refractivity contribution in [1.29, 1.82) is 0 Å².